The molecule has 0 fully saturated rings. The first kappa shape index (κ1) is 15.0. The Bertz CT molecular complexity index is 628. The Morgan fingerprint density at radius 1 is 1.43 bits per heavy atom. The maximum Gasteiger partial charge on any atom is 0.306 e. The van der Waals surface area contributed by atoms with Gasteiger partial charge >= 0.3 is 5.69 Å². The van der Waals surface area contributed by atoms with E-state index < -0.39 is 11.0 Å². The zero-order valence-electron chi connectivity index (χ0n) is 12.0. The summed E-state index contributed by atoms with van der Waals surface area (Å²) < 4.78 is 2.85. The molecule has 114 valence electrons. The highest BCUT2D eigenvalue weighted by Gasteiger charge is 2.23. The van der Waals surface area contributed by atoms with Crippen molar-refractivity contribution in [3.8, 4) is 0 Å². The van der Waals surface area contributed by atoms with Gasteiger partial charge in [-0.1, -0.05) is 20.8 Å². The largest absolute Gasteiger partial charge is 0.389 e. The molecule has 0 aromatic carbocycles. The van der Waals surface area contributed by atoms with Crippen molar-refractivity contribution in [2.45, 2.75) is 45.4 Å². The maximum absolute atomic E-state index is 10.6. The Morgan fingerprint density at radius 2 is 2.14 bits per heavy atom. The quantitative estimate of drug-likeness (QED) is 0.614. The third-order valence-electron chi connectivity index (χ3n) is 2.81. The molecule has 0 spiro atoms. The molecule has 10 nitrogen and oxygen atoms in total. The van der Waals surface area contributed by atoms with E-state index in [2.05, 4.69) is 20.6 Å². The van der Waals surface area contributed by atoms with Crippen LogP contribution in [-0.2, 0) is 18.5 Å². The Kier molecular flexibility index (Phi) is 3.98. The summed E-state index contributed by atoms with van der Waals surface area (Å²) in [6.45, 7) is 6.22. The second kappa shape index (κ2) is 5.56. The van der Waals surface area contributed by atoms with Gasteiger partial charge in [0.25, 0.3) is 0 Å². The number of aliphatic hydroxyl groups is 1. The molecule has 0 saturated carbocycles. The Labute approximate surface area is 120 Å². The predicted octanol–water partition coefficient (Wildman–Crippen LogP) is 0.136. The van der Waals surface area contributed by atoms with Crippen molar-refractivity contribution >= 4 is 5.69 Å². The van der Waals surface area contributed by atoms with Crippen molar-refractivity contribution in [2.24, 2.45) is 0 Å². The number of tetrazole rings is 1. The third kappa shape index (κ3) is 3.60. The lowest BCUT2D eigenvalue weighted by Crippen LogP contribution is -2.27. The first-order valence-electron chi connectivity index (χ1n) is 6.39. The number of nitro groups is 1. The topological polar surface area (TPSA) is 125 Å². The van der Waals surface area contributed by atoms with Gasteiger partial charge in [0.2, 0.25) is 0 Å². The van der Waals surface area contributed by atoms with Crippen molar-refractivity contribution in [3.05, 3.63) is 28.3 Å². The fourth-order valence-electron chi connectivity index (χ4n) is 1.88. The molecule has 0 bridgehead atoms. The summed E-state index contributed by atoms with van der Waals surface area (Å²) in [6.07, 6.45) is 1.60. The van der Waals surface area contributed by atoms with Crippen LogP contribution < -0.4 is 0 Å². The highest BCUT2D eigenvalue weighted by molar-refractivity contribution is 5.20. The van der Waals surface area contributed by atoms with Crippen molar-refractivity contribution < 1.29 is 10.0 Å². The van der Waals surface area contributed by atoms with E-state index >= 15 is 0 Å². The number of aromatic nitrogens is 6. The van der Waals surface area contributed by atoms with E-state index in [0.717, 1.165) is 6.20 Å². The minimum Gasteiger partial charge on any atom is -0.389 e. The van der Waals surface area contributed by atoms with Crippen LogP contribution >= 0.6 is 0 Å². The first-order valence-corrected chi connectivity index (χ1v) is 6.39. The first-order chi connectivity index (χ1) is 9.77. The Balaban J connectivity index is 2.03. The van der Waals surface area contributed by atoms with Gasteiger partial charge in [-0.15, -0.1) is 5.10 Å². The van der Waals surface area contributed by atoms with Crippen LogP contribution in [0, 0.1) is 10.1 Å². The predicted molar refractivity (Wildman–Crippen MR) is 71.4 cm³/mol. The van der Waals surface area contributed by atoms with Crippen LogP contribution in [0.4, 0.5) is 5.69 Å². The highest BCUT2D eigenvalue weighted by atomic mass is 16.6. The van der Waals surface area contributed by atoms with Crippen molar-refractivity contribution in [1.29, 1.82) is 0 Å². The normalized spacial score (nSPS) is 13.3. The van der Waals surface area contributed by atoms with Gasteiger partial charge < -0.3 is 5.11 Å². The van der Waals surface area contributed by atoms with Crippen LogP contribution in [0.25, 0.3) is 0 Å². The smallest absolute Gasteiger partial charge is 0.306 e. The average molecular weight is 295 g/mol. The lowest BCUT2D eigenvalue weighted by molar-refractivity contribution is -0.385. The fraction of sp³-hybridized carbons (Fsp3) is 0.636. The molecule has 1 atom stereocenters. The number of nitrogens with zero attached hydrogens (tertiary/aromatic N) is 7. The van der Waals surface area contributed by atoms with E-state index in [1.54, 1.807) is 0 Å². The van der Waals surface area contributed by atoms with Gasteiger partial charge in [-0.3, -0.25) is 14.8 Å². The molecule has 2 rings (SSSR count). The molecule has 10 heteroatoms. The molecule has 0 saturated heterocycles. The number of rotatable bonds is 5. The van der Waals surface area contributed by atoms with E-state index in [0.29, 0.717) is 5.82 Å². The van der Waals surface area contributed by atoms with E-state index in [9.17, 15) is 15.2 Å². The standard InChI is InChI=1S/C11H17N7O3/c1-11(2,3)10-13-14-15-17(10)7-9(19)6-16-5-8(4-12-16)18(20)21/h4-5,9,19H,6-7H2,1-3H3. The zero-order chi connectivity index (χ0) is 15.6. The molecular formula is C11H17N7O3. The minimum atomic E-state index is -0.811. The summed E-state index contributed by atoms with van der Waals surface area (Å²) in [5.41, 5.74) is -0.353. The van der Waals surface area contributed by atoms with Gasteiger partial charge in [0.1, 0.15) is 12.4 Å². The summed E-state index contributed by atoms with van der Waals surface area (Å²) in [6, 6.07) is 0. The third-order valence-corrected chi connectivity index (χ3v) is 2.81. The Morgan fingerprint density at radius 3 is 2.71 bits per heavy atom. The molecule has 0 radical (unpaired) electrons. The van der Waals surface area contributed by atoms with Gasteiger partial charge in [-0.25, -0.2) is 4.68 Å². The number of aliphatic hydroxyl groups excluding tert-OH is 1. The molecular weight excluding hydrogens is 278 g/mol. The van der Waals surface area contributed by atoms with Gasteiger partial charge in [0.15, 0.2) is 5.82 Å². The minimum absolute atomic E-state index is 0.111. The molecule has 0 amide bonds. The highest BCUT2D eigenvalue weighted by Crippen LogP contribution is 2.18. The van der Waals surface area contributed by atoms with Gasteiger partial charge in [-0.05, 0) is 10.4 Å². The van der Waals surface area contributed by atoms with Crippen molar-refractivity contribution in [3.63, 3.8) is 0 Å². The summed E-state index contributed by atoms with van der Waals surface area (Å²) in [5, 5.41) is 35.9. The van der Waals surface area contributed by atoms with E-state index in [1.165, 1.54) is 15.6 Å². The number of hydrogen-bond acceptors (Lipinski definition) is 7. The SMILES string of the molecule is CC(C)(C)c1nnnn1CC(O)Cn1cc([N+](=O)[O-])cn1. The van der Waals surface area contributed by atoms with Crippen LogP contribution in [0.3, 0.4) is 0 Å². The van der Waals surface area contributed by atoms with Crippen LogP contribution in [0.15, 0.2) is 12.4 Å². The molecule has 21 heavy (non-hydrogen) atoms. The summed E-state index contributed by atoms with van der Waals surface area (Å²) in [7, 11) is 0. The second-order valence-electron chi connectivity index (χ2n) is 5.77. The maximum atomic E-state index is 10.6. The molecule has 1 N–H and O–H groups in total. The van der Waals surface area contributed by atoms with Gasteiger partial charge in [0, 0.05) is 5.41 Å². The van der Waals surface area contributed by atoms with Crippen molar-refractivity contribution in [2.75, 3.05) is 0 Å². The molecule has 1 unspecified atom stereocenters. The van der Waals surface area contributed by atoms with E-state index in [4.69, 9.17) is 0 Å². The molecule has 2 aromatic heterocycles. The van der Waals surface area contributed by atoms with Crippen LogP contribution in [0.1, 0.15) is 26.6 Å². The monoisotopic (exact) mass is 295 g/mol. The van der Waals surface area contributed by atoms with Crippen LogP contribution in [0.5, 0.6) is 0 Å². The van der Waals surface area contributed by atoms with Crippen molar-refractivity contribution in [1.82, 2.24) is 30.0 Å². The summed E-state index contributed by atoms with van der Waals surface area (Å²) >= 11 is 0. The van der Waals surface area contributed by atoms with E-state index in [1.807, 2.05) is 20.8 Å². The molecule has 2 aromatic rings. The molecule has 2 heterocycles. The zero-order valence-corrected chi connectivity index (χ0v) is 12.0. The van der Waals surface area contributed by atoms with E-state index in [-0.39, 0.29) is 24.2 Å². The van der Waals surface area contributed by atoms with Gasteiger partial charge in [0.05, 0.1) is 24.1 Å². The number of hydrogen-bond donors (Lipinski definition) is 1. The molecule has 0 aliphatic heterocycles. The van der Waals surface area contributed by atoms with Crippen LogP contribution in [0.2, 0.25) is 0 Å². The molecule has 0 aliphatic rings. The molecule has 0 aliphatic carbocycles. The summed E-state index contributed by atoms with van der Waals surface area (Å²) in [5.74, 6) is 0.660. The van der Waals surface area contributed by atoms with Gasteiger partial charge in [-0.2, -0.15) is 5.10 Å². The van der Waals surface area contributed by atoms with Crippen LogP contribution in [-0.4, -0.2) is 46.1 Å². The summed E-state index contributed by atoms with van der Waals surface area (Å²) in [4.78, 5) is 10.0. The average Bonchev–Trinajstić information content (AvgIpc) is 2.96. The second-order valence-corrected chi connectivity index (χ2v) is 5.77. The Hall–Kier alpha value is -2.36. The fourth-order valence-corrected chi connectivity index (χ4v) is 1.88. The lowest BCUT2D eigenvalue weighted by Gasteiger charge is -2.18. The lowest BCUT2D eigenvalue weighted by atomic mass is 9.96.